The number of alkyl halides is 3. The molecule has 4 amide bonds. The summed E-state index contributed by atoms with van der Waals surface area (Å²) < 4.78 is 41.2. The highest BCUT2D eigenvalue weighted by Crippen LogP contribution is 2.65. The molecule has 1 saturated carbocycles. The zero-order valence-electron chi connectivity index (χ0n) is 30.8. The normalized spacial score (nSPS) is 25.5. The van der Waals surface area contributed by atoms with Gasteiger partial charge in [0.25, 0.3) is 23.6 Å². The number of rotatable bonds is 8. The number of amides is 4. The van der Waals surface area contributed by atoms with E-state index in [-0.39, 0.29) is 23.6 Å². The number of hydrogen-bond acceptors (Lipinski definition) is 8. The lowest BCUT2D eigenvalue weighted by molar-refractivity contribution is -0.142. The number of aryl methyl sites for hydroxylation is 1. The lowest BCUT2D eigenvalue weighted by Crippen LogP contribution is -2.53. The minimum absolute atomic E-state index is 0.0265. The maximum Gasteiger partial charge on any atom is 0.433 e. The highest BCUT2D eigenvalue weighted by molar-refractivity contribution is 6.33. The highest BCUT2D eigenvalue weighted by Gasteiger charge is 2.71. The number of aromatic hydroxyl groups is 1. The van der Waals surface area contributed by atoms with Gasteiger partial charge in [-0.3, -0.25) is 29.6 Å². The van der Waals surface area contributed by atoms with Gasteiger partial charge in [-0.05, 0) is 67.5 Å². The summed E-state index contributed by atoms with van der Waals surface area (Å²) in [5.74, 6) is -7.91. The number of nitrogens with one attached hydrogen (secondary N) is 1. The Labute approximate surface area is 331 Å². The van der Waals surface area contributed by atoms with Gasteiger partial charge in [-0.25, -0.2) is 4.98 Å². The van der Waals surface area contributed by atoms with Gasteiger partial charge in [-0.15, -0.1) is 6.58 Å². The Morgan fingerprint density at radius 3 is 2.37 bits per heavy atom. The van der Waals surface area contributed by atoms with E-state index >= 15 is 4.79 Å². The molecule has 2 N–H and O–H groups in total. The lowest BCUT2D eigenvalue weighted by Gasteiger charge is -2.50. The third-order valence-corrected chi connectivity index (χ3v) is 12.2. The van der Waals surface area contributed by atoms with Crippen LogP contribution in [0.15, 0.2) is 109 Å². The number of para-hydroxylation sites is 1. The number of hydrazine groups is 2. The zero-order chi connectivity index (χ0) is 40.6. The van der Waals surface area contributed by atoms with Crippen molar-refractivity contribution < 1.29 is 37.5 Å². The van der Waals surface area contributed by atoms with Gasteiger partial charge in [0.2, 0.25) is 0 Å². The number of benzene rings is 3. The minimum atomic E-state index is -4.82. The van der Waals surface area contributed by atoms with Crippen molar-refractivity contribution in [2.24, 2.45) is 23.7 Å². The Hall–Kier alpha value is -5.95. The number of fused-ring (bicyclic) bond motifs is 4. The second-order valence-electron chi connectivity index (χ2n) is 15.0. The first-order valence-corrected chi connectivity index (χ1v) is 18.8. The molecule has 14 heteroatoms. The topological polar surface area (TPSA) is 123 Å². The number of phenols is 1. The Balaban J connectivity index is 1.29. The second-order valence-corrected chi connectivity index (χ2v) is 15.4. The summed E-state index contributed by atoms with van der Waals surface area (Å²) in [6.07, 6.45) is -1.04. The molecule has 2 saturated heterocycles. The van der Waals surface area contributed by atoms with Crippen LogP contribution >= 0.6 is 11.6 Å². The molecular formula is C43H37ClF3N5O5. The van der Waals surface area contributed by atoms with Crippen LogP contribution in [-0.4, -0.2) is 50.8 Å². The molecule has 6 atom stereocenters. The van der Waals surface area contributed by atoms with E-state index in [9.17, 15) is 32.7 Å². The summed E-state index contributed by atoms with van der Waals surface area (Å²) in [6, 6.07) is 23.0. The van der Waals surface area contributed by atoms with Crippen LogP contribution in [0, 0.1) is 30.6 Å². The van der Waals surface area contributed by atoms with Crippen LogP contribution in [0.1, 0.15) is 46.7 Å². The Kier molecular flexibility index (Phi) is 9.26. The van der Waals surface area contributed by atoms with Crippen molar-refractivity contribution in [3.8, 4) is 5.75 Å². The molecule has 0 radical (unpaired) electrons. The van der Waals surface area contributed by atoms with E-state index < -0.39 is 76.3 Å². The number of phenolic OH excluding ortho intramolecular Hbond substituents is 1. The number of carbonyl (C=O) groups is 4. The maximum absolute atomic E-state index is 15.4. The van der Waals surface area contributed by atoms with Crippen molar-refractivity contribution in [1.82, 2.24) is 15.0 Å². The number of halogens is 4. The average Bonchev–Trinajstić information content (AvgIpc) is 3.57. The number of anilines is 2. The van der Waals surface area contributed by atoms with Gasteiger partial charge in [-0.2, -0.15) is 23.2 Å². The Morgan fingerprint density at radius 2 is 1.68 bits per heavy atom. The summed E-state index contributed by atoms with van der Waals surface area (Å²) in [4.78, 5) is 62.9. The van der Waals surface area contributed by atoms with E-state index in [2.05, 4.69) is 17.0 Å². The predicted molar refractivity (Wildman–Crippen MR) is 205 cm³/mol. The highest BCUT2D eigenvalue weighted by atomic mass is 35.5. The predicted octanol–water partition coefficient (Wildman–Crippen LogP) is 7.53. The van der Waals surface area contributed by atoms with Gasteiger partial charge >= 0.3 is 6.18 Å². The number of carbonyl (C=O) groups excluding carboxylic acids is 4. The smallest absolute Gasteiger partial charge is 0.433 e. The first kappa shape index (κ1) is 37.9. The van der Waals surface area contributed by atoms with Gasteiger partial charge in [0, 0.05) is 18.5 Å². The van der Waals surface area contributed by atoms with Gasteiger partial charge < -0.3 is 5.11 Å². The number of nitrogens with zero attached hydrogens (tertiary/aromatic N) is 4. The SMILES string of the molecule is C=CCc1cccc([C@H]2C3=CC[C@@H]4C(=O)N(N(C)c5nc(C(F)(F)F)ccc5Cl)C(=O)[C@@H]4[C@@H]3C[C@H]3C(=O)N(Nc4ccc(C)cc4)C(=O)[C@@]23c2ccccc2)c1O. The number of allylic oxidation sites excluding steroid dienone is 3. The molecule has 3 heterocycles. The number of imide groups is 2. The van der Waals surface area contributed by atoms with Gasteiger partial charge in [0.15, 0.2) is 5.82 Å². The van der Waals surface area contributed by atoms with Crippen LogP contribution < -0.4 is 10.4 Å². The maximum atomic E-state index is 15.4. The fraction of sp³-hybridized carbons (Fsp3) is 0.279. The van der Waals surface area contributed by atoms with Crippen LogP contribution in [-0.2, 0) is 37.2 Å². The molecule has 0 bridgehead atoms. The molecule has 0 spiro atoms. The third-order valence-electron chi connectivity index (χ3n) is 11.9. The summed E-state index contributed by atoms with van der Waals surface area (Å²) in [7, 11) is 1.25. The fourth-order valence-electron chi connectivity index (χ4n) is 9.45. The summed E-state index contributed by atoms with van der Waals surface area (Å²) in [5, 5.41) is 14.6. The van der Waals surface area contributed by atoms with E-state index in [1.54, 1.807) is 66.7 Å². The van der Waals surface area contributed by atoms with Gasteiger partial charge in [0.1, 0.15) is 11.4 Å². The van der Waals surface area contributed by atoms with Crippen LogP contribution in [0.3, 0.4) is 0 Å². The van der Waals surface area contributed by atoms with Gasteiger partial charge in [0.05, 0.1) is 33.9 Å². The third kappa shape index (κ3) is 5.81. The fourth-order valence-corrected chi connectivity index (χ4v) is 9.67. The minimum Gasteiger partial charge on any atom is -0.507 e. The largest absolute Gasteiger partial charge is 0.507 e. The zero-order valence-corrected chi connectivity index (χ0v) is 31.6. The van der Waals surface area contributed by atoms with Crippen LogP contribution in [0.25, 0.3) is 0 Å². The summed E-state index contributed by atoms with van der Waals surface area (Å²) >= 11 is 6.32. The molecule has 2 aliphatic carbocycles. The van der Waals surface area contributed by atoms with Crippen molar-refractivity contribution >= 4 is 46.7 Å². The molecule has 2 aliphatic heterocycles. The monoisotopic (exact) mass is 795 g/mol. The van der Waals surface area contributed by atoms with Crippen molar-refractivity contribution in [3.63, 3.8) is 0 Å². The first-order valence-electron chi connectivity index (χ1n) is 18.4. The summed E-state index contributed by atoms with van der Waals surface area (Å²) in [6.45, 7) is 5.74. The van der Waals surface area contributed by atoms with E-state index in [4.69, 9.17) is 11.6 Å². The molecule has 0 unspecified atom stereocenters. The van der Waals surface area contributed by atoms with Crippen LogP contribution in [0.5, 0.6) is 5.75 Å². The van der Waals surface area contributed by atoms with E-state index in [0.717, 1.165) is 26.7 Å². The number of pyridine rings is 1. The standard InChI is InChI=1S/C43H37ClF3N5O5/c1-4-9-24-10-8-13-29(36(24)53)35-27-18-19-28-34(40(56)52(38(28)54)50(3)37-32(44)20-21-33(48-37)43(45,46)47)30(27)22-31-39(55)51(49-26-16-14-23(2)15-17-26)41(57)42(31,35)25-11-6-5-7-12-25/h4-8,10-18,20-21,28,30-31,34-35,49,53H,1,9,19,22H2,2-3H3/t28-,30+,31-,34-,35+,42+/m0/s1. The molecule has 4 aliphatic rings. The second kappa shape index (κ2) is 13.9. The molecule has 3 aromatic carbocycles. The quantitative estimate of drug-likeness (QED) is 0.139. The van der Waals surface area contributed by atoms with E-state index in [1.165, 1.54) is 7.05 Å². The number of hydrogen-bond donors (Lipinski definition) is 2. The molecular weight excluding hydrogens is 759 g/mol. The number of aromatic nitrogens is 1. The first-order chi connectivity index (χ1) is 27.2. The average molecular weight is 796 g/mol. The van der Waals surface area contributed by atoms with E-state index in [1.807, 2.05) is 25.1 Å². The Bertz CT molecular complexity index is 2370. The van der Waals surface area contributed by atoms with Crippen molar-refractivity contribution in [3.05, 3.63) is 142 Å². The Morgan fingerprint density at radius 1 is 0.965 bits per heavy atom. The van der Waals surface area contributed by atoms with Crippen molar-refractivity contribution in [2.45, 2.75) is 43.7 Å². The molecule has 1 aromatic heterocycles. The van der Waals surface area contributed by atoms with E-state index in [0.29, 0.717) is 40.4 Å². The molecule has 8 rings (SSSR count). The molecule has 3 fully saturated rings. The van der Waals surface area contributed by atoms with Crippen molar-refractivity contribution in [1.29, 1.82) is 0 Å². The molecule has 10 nitrogen and oxygen atoms in total. The lowest BCUT2D eigenvalue weighted by atomic mass is 9.49. The molecule has 57 heavy (non-hydrogen) atoms. The molecule has 4 aromatic rings. The molecule has 292 valence electrons. The summed E-state index contributed by atoms with van der Waals surface area (Å²) in [5.41, 5.74) is 3.66. The van der Waals surface area contributed by atoms with Crippen molar-refractivity contribution in [2.75, 3.05) is 17.5 Å². The van der Waals surface area contributed by atoms with Gasteiger partial charge in [-0.1, -0.05) is 95.6 Å². The van der Waals surface area contributed by atoms with Crippen LogP contribution in [0.2, 0.25) is 5.02 Å². The van der Waals surface area contributed by atoms with Crippen LogP contribution in [0.4, 0.5) is 24.7 Å².